The summed E-state index contributed by atoms with van der Waals surface area (Å²) in [6.45, 7) is 4.03. The first-order valence-electron chi connectivity index (χ1n) is 7.98. The fourth-order valence-electron chi connectivity index (χ4n) is 2.99. The number of nitrogens with zero attached hydrogens (tertiary/aromatic N) is 1. The van der Waals surface area contributed by atoms with Crippen molar-refractivity contribution in [3.8, 4) is 0 Å². The Labute approximate surface area is 128 Å². The van der Waals surface area contributed by atoms with Gasteiger partial charge in [0.25, 0.3) is 0 Å². The van der Waals surface area contributed by atoms with Gasteiger partial charge in [0.15, 0.2) is 0 Å². The summed E-state index contributed by atoms with van der Waals surface area (Å²) in [5, 5.41) is 0. The maximum atomic E-state index is 12.0. The van der Waals surface area contributed by atoms with E-state index in [2.05, 4.69) is 49.3 Å². The van der Waals surface area contributed by atoms with Crippen LogP contribution in [0.25, 0.3) is 6.08 Å². The van der Waals surface area contributed by atoms with Crippen LogP contribution in [0.3, 0.4) is 0 Å². The molecule has 2 nitrogen and oxygen atoms in total. The second-order valence-electron chi connectivity index (χ2n) is 6.62. The molecule has 0 spiro atoms. The van der Waals surface area contributed by atoms with Crippen LogP contribution in [0.4, 0.5) is 5.69 Å². The Morgan fingerprint density at radius 1 is 1.14 bits per heavy atom. The highest BCUT2D eigenvalue weighted by atomic mass is 16.1. The molecule has 21 heavy (non-hydrogen) atoms. The molecule has 0 bridgehead atoms. The van der Waals surface area contributed by atoms with Crippen LogP contribution in [0.1, 0.15) is 45.1 Å². The van der Waals surface area contributed by atoms with E-state index in [9.17, 15) is 4.79 Å². The van der Waals surface area contributed by atoms with Crippen LogP contribution in [0, 0.1) is 11.8 Å². The molecule has 0 N–H and O–H groups in total. The van der Waals surface area contributed by atoms with Crippen LogP contribution in [-0.2, 0) is 4.79 Å². The lowest BCUT2D eigenvalue weighted by atomic mass is 9.80. The normalized spacial score (nSPS) is 18.7. The second kappa shape index (κ2) is 6.93. The van der Waals surface area contributed by atoms with E-state index in [4.69, 9.17) is 0 Å². The van der Waals surface area contributed by atoms with Gasteiger partial charge in [0.1, 0.15) is 5.78 Å². The first-order valence-corrected chi connectivity index (χ1v) is 7.98. The van der Waals surface area contributed by atoms with Crippen molar-refractivity contribution in [3.63, 3.8) is 0 Å². The average Bonchev–Trinajstić information content (AvgIpc) is 2.47. The second-order valence-corrected chi connectivity index (χ2v) is 6.62. The Morgan fingerprint density at radius 3 is 2.19 bits per heavy atom. The van der Waals surface area contributed by atoms with Crippen molar-refractivity contribution in [2.45, 2.75) is 39.5 Å². The lowest BCUT2D eigenvalue weighted by Crippen LogP contribution is -2.22. The molecule has 2 heteroatoms. The molecule has 0 aromatic heterocycles. The minimum atomic E-state index is 0.180. The molecular weight excluding hydrogens is 258 g/mol. The summed E-state index contributed by atoms with van der Waals surface area (Å²) in [6.07, 6.45) is 6.49. The van der Waals surface area contributed by atoms with Crippen LogP contribution >= 0.6 is 0 Å². The SMILES string of the molecule is CC(C)C(=O)C1CCC(=Cc2ccc(N(C)C)cc2)CC1. The number of hydrogen-bond donors (Lipinski definition) is 0. The zero-order valence-corrected chi connectivity index (χ0v) is 13.7. The van der Waals surface area contributed by atoms with E-state index < -0.39 is 0 Å². The minimum Gasteiger partial charge on any atom is -0.378 e. The van der Waals surface area contributed by atoms with E-state index in [-0.39, 0.29) is 5.92 Å². The third-order valence-corrected chi connectivity index (χ3v) is 4.38. The van der Waals surface area contributed by atoms with Gasteiger partial charge < -0.3 is 4.90 Å². The standard InChI is InChI=1S/C19H27NO/c1-14(2)19(21)17-9-5-15(6-10-17)13-16-7-11-18(12-8-16)20(3)4/h7-8,11-14,17H,5-6,9-10H2,1-4H3. The summed E-state index contributed by atoms with van der Waals surface area (Å²) >= 11 is 0. The van der Waals surface area contributed by atoms with Crippen LogP contribution in [0.5, 0.6) is 0 Å². The number of anilines is 1. The largest absolute Gasteiger partial charge is 0.378 e. The quantitative estimate of drug-likeness (QED) is 0.808. The van der Waals surface area contributed by atoms with Crippen molar-refractivity contribution in [3.05, 3.63) is 35.4 Å². The fraction of sp³-hybridized carbons (Fsp3) is 0.526. The molecule has 1 fully saturated rings. The molecule has 1 aromatic carbocycles. The monoisotopic (exact) mass is 285 g/mol. The molecule has 1 aliphatic rings. The molecule has 0 unspecified atom stereocenters. The maximum absolute atomic E-state index is 12.0. The van der Waals surface area contributed by atoms with E-state index >= 15 is 0 Å². The van der Waals surface area contributed by atoms with Crippen LogP contribution in [0.15, 0.2) is 29.8 Å². The highest BCUT2D eigenvalue weighted by Gasteiger charge is 2.24. The number of Topliss-reactive ketones (excluding diaryl/α,β-unsaturated/α-hetero) is 1. The number of carbonyl (C=O) groups excluding carboxylic acids is 1. The molecule has 0 radical (unpaired) electrons. The van der Waals surface area contributed by atoms with Crippen molar-refractivity contribution in [1.82, 2.24) is 0 Å². The zero-order valence-electron chi connectivity index (χ0n) is 13.7. The van der Waals surface area contributed by atoms with Crippen molar-refractivity contribution < 1.29 is 4.79 Å². The molecule has 1 aliphatic carbocycles. The van der Waals surface area contributed by atoms with Gasteiger partial charge in [-0.15, -0.1) is 0 Å². The first kappa shape index (κ1) is 15.8. The van der Waals surface area contributed by atoms with Crippen LogP contribution < -0.4 is 4.90 Å². The van der Waals surface area contributed by atoms with Gasteiger partial charge >= 0.3 is 0 Å². The number of allylic oxidation sites excluding steroid dienone is 1. The number of benzene rings is 1. The summed E-state index contributed by atoms with van der Waals surface area (Å²) in [5.74, 6) is 0.918. The Hall–Kier alpha value is -1.57. The van der Waals surface area contributed by atoms with Crippen molar-refractivity contribution in [2.75, 3.05) is 19.0 Å². The third-order valence-electron chi connectivity index (χ3n) is 4.38. The molecule has 0 saturated heterocycles. The molecule has 0 heterocycles. The number of hydrogen-bond acceptors (Lipinski definition) is 2. The zero-order chi connectivity index (χ0) is 15.4. The van der Waals surface area contributed by atoms with E-state index in [1.54, 1.807) is 0 Å². The van der Waals surface area contributed by atoms with Gasteiger partial charge in [0.05, 0.1) is 0 Å². The molecule has 114 valence electrons. The van der Waals surface area contributed by atoms with Crippen LogP contribution in [-0.4, -0.2) is 19.9 Å². The molecule has 0 atom stereocenters. The molecule has 1 aromatic rings. The van der Waals surface area contributed by atoms with E-state index in [0.29, 0.717) is 11.7 Å². The Morgan fingerprint density at radius 2 is 1.71 bits per heavy atom. The summed E-state index contributed by atoms with van der Waals surface area (Å²) < 4.78 is 0. The van der Waals surface area contributed by atoms with Gasteiger partial charge in [-0.05, 0) is 43.4 Å². The van der Waals surface area contributed by atoms with Crippen molar-refractivity contribution >= 4 is 17.5 Å². The number of rotatable bonds is 4. The van der Waals surface area contributed by atoms with Crippen molar-refractivity contribution in [1.29, 1.82) is 0 Å². The summed E-state index contributed by atoms with van der Waals surface area (Å²) in [5.41, 5.74) is 3.98. The smallest absolute Gasteiger partial charge is 0.138 e. The minimum absolute atomic E-state index is 0.180. The lowest BCUT2D eigenvalue weighted by Gasteiger charge is -2.24. The molecule has 0 aliphatic heterocycles. The molecular formula is C19H27NO. The van der Waals surface area contributed by atoms with E-state index in [0.717, 1.165) is 25.7 Å². The van der Waals surface area contributed by atoms with E-state index in [1.165, 1.54) is 16.8 Å². The highest BCUT2D eigenvalue weighted by molar-refractivity contribution is 5.83. The van der Waals surface area contributed by atoms with Gasteiger partial charge in [-0.25, -0.2) is 0 Å². The van der Waals surface area contributed by atoms with Gasteiger partial charge in [0.2, 0.25) is 0 Å². The predicted molar refractivity (Wildman–Crippen MR) is 90.5 cm³/mol. The van der Waals surface area contributed by atoms with Gasteiger partial charge in [-0.1, -0.05) is 37.6 Å². The predicted octanol–water partition coefficient (Wildman–Crippen LogP) is 4.55. The topological polar surface area (TPSA) is 20.3 Å². The summed E-state index contributed by atoms with van der Waals surface area (Å²) in [6, 6.07) is 8.65. The van der Waals surface area contributed by atoms with E-state index in [1.807, 2.05) is 13.8 Å². The highest BCUT2D eigenvalue weighted by Crippen LogP contribution is 2.31. The average molecular weight is 285 g/mol. The summed E-state index contributed by atoms with van der Waals surface area (Å²) in [7, 11) is 4.11. The molecule has 0 amide bonds. The number of carbonyl (C=O) groups is 1. The maximum Gasteiger partial charge on any atom is 0.138 e. The van der Waals surface area contributed by atoms with Gasteiger partial charge in [0, 0.05) is 31.6 Å². The van der Waals surface area contributed by atoms with Crippen LogP contribution in [0.2, 0.25) is 0 Å². The number of ketones is 1. The van der Waals surface area contributed by atoms with Gasteiger partial charge in [-0.3, -0.25) is 4.79 Å². The van der Waals surface area contributed by atoms with Crippen molar-refractivity contribution in [2.24, 2.45) is 11.8 Å². The molecule has 1 saturated carbocycles. The molecule has 2 rings (SSSR count). The Kier molecular flexibility index (Phi) is 5.22. The lowest BCUT2D eigenvalue weighted by molar-refractivity contribution is -0.126. The first-order chi connectivity index (χ1) is 9.97. The third kappa shape index (κ3) is 4.20. The van der Waals surface area contributed by atoms with Gasteiger partial charge in [-0.2, -0.15) is 0 Å². The Bertz CT molecular complexity index is 501. The Balaban J connectivity index is 1.96. The summed E-state index contributed by atoms with van der Waals surface area (Å²) in [4.78, 5) is 14.2. The fourth-order valence-corrected chi connectivity index (χ4v) is 2.99.